The van der Waals surface area contributed by atoms with Crippen LogP contribution in [0.2, 0.25) is 0 Å². The average Bonchev–Trinajstić information content (AvgIpc) is 2.93. The van der Waals surface area contributed by atoms with Gasteiger partial charge in [-0.05, 0) is 63.6 Å². The van der Waals surface area contributed by atoms with Crippen LogP contribution in [0.25, 0.3) is 33.4 Å². The Balaban J connectivity index is 2.08. The Morgan fingerprint density at radius 2 is 1.66 bits per heavy atom. The van der Waals surface area contributed by atoms with Gasteiger partial charge in [0, 0.05) is 53.1 Å². The highest BCUT2D eigenvalue weighted by atomic mass is 127. The van der Waals surface area contributed by atoms with Gasteiger partial charge < -0.3 is 19.7 Å². The Bertz CT molecular complexity index is 1530. The van der Waals surface area contributed by atoms with E-state index in [2.05, 4.69) is 54.6 Å². The van der Waals surface area contributed by atoms with Crippen LogP contribution >= 0.6 is 22.6 Å². The maximum atomic E-state index is 12.5. The molecule has 2 aliphatic rings. The summed E-state index contributed by atoms with van der Waals surface area (Å²) in [6, 6.07) is 17.3. The highest BCUT2D eigenvalue weighted by Crippen LogP contribution is 2.42. The van der Waals surface area contributed by atoms with Crippen LogP contribution in [0.5, 0.6) is 0 Å². The molecular formula is C30H33IN3O4+. The van der Waals surface area contributed by atoms with Crippen LogP contribution in [-0.4, -0.2) is 47.6 Å². The molecule has 1 heterocycles. The monoisotopic (exact) mass is 626 g/mol. The van der Waals surface area contributed by atoms with Crippen LogP contribution in [0.1, 0.15) is 38.1 Å². The number of rotatable bonds is 9. The van der Waals surface area contributed by atoms with Crippen molar-refractivity contribution in [3.8, 4) is 22.5 Å². The first-order chi connectivity index (χ1) is 18.3. The van der Waals surface area contributed by atoms with E-state index in [9.17, 15) is 14.7 Å². The molecule has 0 spiro atoms. The van der Waals surface area contributed by atoms with Gasteiger partial charge in [0.1, 0.15) is 24.4 Å². The molecule has 38 heavy (non-hydrogen) atoms. The van der Waals surface area contributed by atoms with Crippen molar-refractivity contribution < 1.29 is 19.1 Å². The zero-order valence-electron chi connectivity index (χ0n) is 22.2. The molecule has 198 valence electrons. The lowest BCUT2D eigenvalue weighted by Crippen LogP contribution is -2.29. The molecule has 1 aliphatic heterocycles. The molecule has 4 rings (SSSR count). The van der Waals surface area contributed by atoms with Crippen LogP contribution < -0.4 is 20.1 Å². The van der Waals surface area contributed by atoms with E-state index in [-0.39, 0.29) is 15.9 Å². The maximum Gasteiger partial charge on any atom is 0.336 e. The Hall–Kier alpha value is -3.40. The van der Waals surface area contributed by atoms with Crippen LogP contribution in [0, 0.1) is 0 Å². The third-order valence-electron chi connectivity index (χ3n) is 6.87. The van der Waals surface area contributed by atoms with Gasteiger partial charge in [-0.1, -0.05) is 28.7 Å². The molecule has 0 aromatic heterocycles. The minimum Gasteiger partial charge on any atom is -0.478 e. The maximum absolute atomic E-state index is 12.5. The molecular weight excluding hydrogens is 593 g/mol. The number of hydrogen-bond donors (Lipinski definition) is 2. The summed E-state index contributed by atoms with van der Waals surface area (Å²) in [4.78, 5) is 26.7. The molecule has 7 nitrogen and oxygen atoms in total. The fraction of sp³-hybridized carbons (Fsp3) is 0.300. The number of benzene rings is 3. The van der Waals surface area contributed by atoms with E-state index in [1.807, 2.05) is 46.9 Å². The molecule has 0 saturated heterocycles. The van der Waals surface area contributed by atoms with E-state index in [4.69, 9.17) is 4.42 Å². The van der Waals surface area contributed by atoms with E-state index in [1.165, 1.54) is 6.07 Å². The molecule has 8 heteroatoms. The highest BCUT2D eigenvalue weighted by Gasteiger charge is 2.23. The Morgan fingerprint density at radius 1 is 0.947 bits per heavy atom. The summed E-state index contributed by atoms with van der Waals surface area (Å²) >= 11 is 1.98. The second kappa shape index (κ2) is 12.0. The summed E-state index contributed by atoms with van der Waals surface area (Å²) in [5, 5.41) is 14.8. The van der Waals surface area contributed by atoms with E-state index < -0.39 is 5.97 Å². The summed E-state index contributed by atoms with van der Waals surface area (Å²) in [6.07, 6.45) is 0. The van der Waals surface area contributed by atoms with Gasteiger partial charge in [0.2, 0.25) is 11.3 Å². The number of halogens is 1. The normalized spacial score (nSPS) is 11.1. The number of alkyl halides is 1. The summed E-state index contributed by atoms with van der Waals surface area (Å²) in [5.41, 5.74) is 4.50. The molecule has 0 fully saturated rings. The van der Waals surface area contributed by atoms with Crippen molar-refractivity contribution in [2.75, 3.05) is 40.8 Å². The van der Waals surface area contributed by atoms with Crippen molar-refractivity contribution in [1.29, 1.82) is 0 Å². The third-order valence-corrected chi connectivity index (χ3v) is 7.56. The SMILES string of the molecule is CCN(CC)c1ccc2c(-c3ccc(NC(=O)CI)cc3C(=O)O)c3ccc(=[N+](CC)CC)cc-3oc2c1. The van der Waals surface area contributed by atoms with Crippen molar-refractivity contribution in [3.63, 3.8) is 0 Å². The lowest BCUT2D eigenvalue weighted by Gasteiger charge is -2.22. The molecule has 0 saturated carbocycles. The number of hydrogen-bond acceptors (Lipinski definition) is 4. The zero-order valence-corrected chi connectivity index (χ0v) is 24.3. The first kappa shape index (κ1) is 27.6. The highest BCUT2D eigenvalue weighted by molar-refractivity contribution is 14.1. The summed E-state index contributed by atoms with van der Waals surface area (Å²) in [7, 11) is 0. The van der Waals surface area contributed by atoms with Crippen molar-refractivity contribution in [3.05, 3.63) is 65.5 Å². The van der Waals surface area contributed by atoms with Gasteiger partial charge in [0.05, 0.1) is 16.1 Å². The van der Waals surface area contributed by atoms with Gasteiger partial charge in [-0.3, -0.25) is 4.79 Å². The van der Waals surface area contributed by atoms with Crippen LogP contribution in [-0.2, 0) is 4.79 Å². The molecule has 0 bridgehead atoms. The van der Waals surface area contributed by atoms with Crippen molar-refractivity contribution in [2.24, 2.45) is 0 Å². The van der Waals surface area contributed by atoms with Gasteiger partial charge in [-0.25, -0.2) is 9.37 Å². The standard InChI is InChI=1S/C30H32IN3O4/c1-5-33(6-2)20-10-13-23-26(16-20)38-27-17-21(34(7-3)8-4)11-14-24(27)29(23)22-12-9-19(32-28(35)18-31)15-25(22)30(36)37/h9-17H,5-8,18H2,1-4H3,(H,36,37)/p+1. The first-order valence-corrected chi connectivity index (χ1v) is 14.4. The average molecular weight is 627 g/mol. The van der Waals surface area contributed by atoms with E-state index in [0.717, 1.165) is 53.7 Å². The smallest absolute Gasteiger partial charge is 0.336 e. The van der Waals surface area contributed by atoms with Crippen molar-refractivity contribution in [2.45, 2.75) is 27.7 Å². The van der Waals surface area contributed by atoms with Crippen LogP contribution in [0.15, 0.2) is 59.0 Å². The van der Waals surface area contributed by atoms with E-state index in [1.54, 1.807) is 12.1 Å². The number of anilines is 2. The molecule has 0 radical (unpaired) electrons. The molecule has 1 aliphatic carbocycles. The Labute approximate surface area is 236 Å². The molecule has 2 N–H and O–H groups in total. The number of carboxylic acid groups (broad SMARTS) is 1. The van der Waals surface area contributed by atoms with Gasteiger partial charge in [0.25, 0.3) is 0 Å². The number of nitrogens with one attached hydrogen (secondary N) is 1. The van der Waals surface area contributed by atoms with Gasteiger partial charge in [-0.2, -0.15) is 0 Å². The number of amides is 1. The third kappa shape index (κ3) is 5.41. The number of carbonyl (C=O) groups is 2. The van der Waals surface area contributed by atoms with Crippen LogP contribution in [0.4, 0.5) is 11.4 Å². The summed E-state index contributed by atoms with van der Waals surface area (Å²) in [5.74, 6) is -0.559. The number of fused-ring (bicyclic) bond motifs is 2. The predicted molar refractivity (Wildman–Crippen MR) is 163 cm³/mol. The van der Waals surface area contributed by atoms with Crippen LogP contribution in [0.3, 0.4) is 0 Å². The number of nitrogens with zero attached hydrogens (tertiary/aromatic N) is 2. The van der Waals surface area contributed by atoms with Crippen molar-refractivity contribution in [1.82, 2.24) is 4.58 Å². The summed E-state index contributed by atoms with van der Waals surface area (Å²) < 4.78 is 9.03. The molecule has 0 unspecified atom stereocenters. The van der Waals surface area contributed by atoms with Gasteiger partial charge >= 0.3 is 5.97 Å². The fourth-order valence-electron chi connectivity index (χ4n) is 4.94. The quantitative estimate of drug-likeness (QED) is 0.104. The lowest BCUT2D eigenvalue weighted by atomic mass is 9.90. The molecule has 2 aromatic rings. The predicted octanol–water partition coefficient (Wildman–Crippen LogP) is 5.93. The molecule has 2 aromatic carbocycles. The fourth-order valence-corrected chi connectivity index (χ4v) is 5.13. The van der Waals surface area contributed by atoms with E-state index >= 15 is 0 Å². The number of carboxylic acids is 1. The van der Waals surface area contributed by atoms with Gasteiger partial charge in [0.15, 0.2) is 0 Å². The Kier molecular flexibility index (Phi) is 8.71. The minimum atomic E-state index is -1.06. The number of aromatic carboxylic acids is 1. The second-order valence-corrected chi connectivity index (χ2v) is 9.69. The minimum absolute atomic E-state index is 0.116. The molecule has 0 atom stereocenters. The largest absolute Gasteiger partial charge is 0.478 e. The van der Waals surface area contributed by atoms with E-state index in [0.29, 0.717) is 22.6 Å². The first-order valence-electron chi connectivity index (χ1n) is 12.9. The van der Waals surface area contributed by atoms with Gasteiger partial charge in [-0.15, -0.1) is 0 Å². The topological polar surface area (TPSA) is 85.8 Å². The molecule has 1 amide bonds. The number of carbonyl (C=O) groups excluding carboxylic acids is 1. The Morgan fingerprint density at radius 3 is 2.29 bits per heavy atom. The zero-order chi connectivity index (χ0) is 27.4. The lowest BCUT2D eigenvalue weighted by molar-refractivity contribution is -0.113. The van der Waals surface area contributed by atoms with Crippen molar-refractivity contribution >= 4 is 56.8 Å². The second-order valence-electron chi connectivity index (χ2n) is 8.93. The summed E-state index contributed by atoms with van der Waals surface area (Å²) in [6.45, 7) is 11.9.